The Labute approximate surface area is 122 Å². The molecule has 0 amide bonds. The van der Waals surface area contributed by atoms with Crippen molar-refractivity contribution in [3.63, 3.8) is 0 Å². The van der Waals surface area contributed by atoms with E-state index >= 15 is 0 Å². The Morgan fingerprint density at radius 3 is 3.05 bits per heavy atom. The first-order valence-electron chi connectivity index (χ1n) is 7.27. The lowest BCUT2D eigenvalue weighted by atomic mass is 9.95. The second-order valence-electron chi connectivity index (χ2n) is 5.67. The van der Waals surface area contributed by atoms with E-state index in [1.54, 1.807) is 6.20 Å². The van der Waals surface area contributed by atoms with Crippen molar-refractivity contribution >= 4 is 16.6 Å². The van der Waals surface area contributed by atoms with Crippen LogP contribution in [0.3, 0.4) is 0 Å². The van der Waals surface area contributed by atoms with Crippen LogP contribution in [-0.4, -0.2) is 34.0 Å². The van der Waals surface area contributed by atoms with Gasteiger partial charge in [0, 0.05) is 42.9 Å². The van der Waals surface area contributed by atoms with Crippen molar-refractivity contribution in [2.75, 3.05) is 13.1 Å². The lowest BCUT2D eigenvalue weighted by Crippen LogP contribution is -2.46. The number of fused-ring (bicyclic) bond motifs is 1. The van der Waals surface area contributed by atoms with Crippen molar-refractivity contribution in [2.45, 2.75) is 26.3 Å². The van der Waals surface area contributed by atoms with Gasteiger partial charge in [-0.25, -0.2) is 9.88 Å². The summed E-state index contributed by atoms with van der Waals surface area (Å²) in [6, 6.07) is 1.08. The van der Waals surface area contributed by atoms with Crippen molar-refractivity contribution in [3.8, 4) is 0 Å². The van der Waals surface area contributed by atoms with Gasteiger partial charge < -0.3 is 4.98 Å². The summed E-state index contributed by atoms with van der Waals surface area (Å²) in [6.07, 6.45) is 5.52. The number of hydrogen-bond donors (Lipinski definition) is 1. The normalized spacial score (nSPS) is 20.8. The molecule has 0 saturated heterocycles. The summed E-state index contributed by atoms with van der Waals surface area (Å²) in [4.78, 5) is 8.64. The Hall–Kier alpha value is -1.75. The molecule has 1 aliphatic heterocycles. The van der Waals surface area contributed by atoms with Crippen molar-refractivity contribution in [3.05, 3.63) is 36.2 Å². The average molecular weight is 291 g/mol. The Morgan fingerprint density at radius 1 is 1.48 bits per heavy atom. The van der Waals surface area contributed by atoms with Gasteiger partial charge in [0.2, 0.25) is 0 Å². The van der Waals surface area contributed by atoms with Gasteiger partial charge in [0.25, 0.3) is 0 Å². The Morgan fingerprint density at radius 2 is 2.29 bits per heavy atom. The van der Waals surface area contributed by atoms with E-state index in [2.05, 4.69) is 16.0 Å². The van der Waals surface area contributed by atoms with Crippen LogP contribution in [0.2, 0.25) is 0 Å². The molecule has 1 aliphatic rings. The third-order valence-electron chi connectivity index (χ3n) is 4.04. The number of nitrogens with one attached hydrogen (secondary N) is 1. The van der Waals surface area contributed by atoms with Crippen LogP contribution in [0.5, 0.6) is 0 Å². The predicted octanol–water partition coefficient (Wildman–Crippen LogP) is 3.90. The summed E-state index contributed by atoms with van der Waals surface area (Å²) in [5.74, 6) is 0.104. The van der Waals surface area contributed by atoms with E-state index in [-0.39, 0.29) is 18.9 Å². The van der Waals surface area contributed by atoms with Gasteiger partial charge in [0.05, 0.1) is 0 Å². The molecule has 2 aromatic rings. The first-order chi connectivity index (χ1) is 10.0. The van der Waals surface area contributed by atoms with Crippen LogP contribution in [0.15, 0.2) is 30.6 Å². The average Bonchev–Trinajstić information content (AvgIpc) is 2.90. The highest BCUT2D eigenvalue weighted by Crippen LogP contribution is 2.34. The first-order valence-corrected chi connectivity index (χ1v) is 7.27. The van der Waals surface area contributed by atoms with E-state index in [4.69, 9.17) is 0 Å². The topological polar surface area (TPSA) is 31.9 Å². The Kier molecular flexibility index (Phi) is 3.53. The number of aromatic nitrogens is 2. The molecule has 3 nitrogen and oxygen atoms in total. The fourth-order valence-corrected chi connectivity index (χ4v) is 2.94. The second-order valence-corrected chi connectivity index (χ2v) is 5.67. The zero-order chi connectivity index (χ0) is 15.0. The van der Waals surface area contributed by atoms with Crippen LogP contribution < -0.4 is 0 Å². The minimum atomic E-state index is -2.75. The summed E-state index contributed by atoms with van der Waals surface area (Å²) in [5.41, 5.74) is 2.71. The van der Waals surface area contributed by atoms with Crippen molar-refractivity contribution < 1.29 is 8.78 Å². The molecule has 0 aromatic carbocycles. The van der Waals surface area contributed by atoms with Crippen LogP contribution in [0.25, 0.3) is 16.6 Å². The summed E-state index contributed by atoms with van der Waals surface area (Å²) in [5, 5.41) is 0.984. The molecule has 0 aliphatic carbocycles. The molecule has 3 heterocycles. The molecule has 1 unspecified atom stereocenters. The van der Waals surface area contributed by atoms with Crippen LogP contribution in [0, 0.1) is 5.92 Å². The van der Waals surface area contributed by atoms with Gasteiger partial charge in [0.15, 0.2) is 0 Å². The van der Waals surface area contributed by atoms with Gasteiger partial charge in [-0.15, -0.1) is 0 Å². The largest absolute Gasteiger partial charge is 0.346 e. The number of halogens is 2. The van der Waals surface area contributed by atoms with E-state index in [1.807, 2.05) is 25.3 Å². The SMILES string of the molecule is CCC(F)(F)N1CC(c2c[nH]c3ncccc23)=CC(C)C1. The molecule has 1 N–H and O–H groups in total. The predicted molar refractivity (Wildman–Crippen MR) is 80.0 cm³/mol. The van der Waals surface area contributed by atoms with Crippen molar-refractivity contribution in [2.24, 2.45) is 5.92 Å². The monoisotopic (exact) mass is 291 g/mol. The fraction of sp³-hybridized carbons (Fsp3) is 0.438. The molecular weight excluding hydrogens is 272 g/mol. The molecule has 0 bridgehead atoms. The minimum absolute atomic E-state index is 0.104. The van der Waals surface area contributed by atoms with Gasteiger partial charge >= 0.3 is 6.05 Å². The zero-order valence-corrected chi connectivity index (χ0v) is 12.2. The molecule has 112 valence electrons. The quantitative estimate of drug-likeness (QED) is 0.870. The maximum absolute atomic E-state index is 14.0. The van der Waals surface area contributed by atoms with Crippen LogP contribution in [0.1, 0.15) is 25.8 Å². The van der Waals surface area contributed by atoms with E-state index in [1.165, 1.54) is 11.8 Å². The summed E-state index contributed by atoms with van der Waals surface area (Å²) in [7, 11) is 0. The standard InChI is InChI=1S/C16H19F2N3/c1-3-16(17,18)21-9-11(2)7-12(10-21)14-8-20-15-13(14)5-4-6-19-15/h4-8,11H,3,9-10H2,1-2H3,(H,19,20). The first kappa shape index (κ1) is 14.2. The van der Waals surface area contributed by atoms with Gasteiger partial charge in [0.1, 0.15) is 5.65 Å². The number of nitrogens with zero attached hydrogens (tertiary/aromatic N) is 2. The van der Waals surface area contributed by atoms with E-state index in [9.17, 15) is 8.78 Å². The molecule has 2 aromatic heterocycles. The van der Waals surface area contributed by atoms with Crippen LogP contribution in [0.4, 0.5) is 8.78 Å². The number of alkyl halides is 2. The number of H-pyrrole nitrogens is 1. The molecular formula is C16H19F2N3. The second kappa shape index (κ2) is 5.22. The van der Waals surface area contributed by atoms with E-state index in [0.29, 0.717) is 6.54 Å². The minimum Gasteiger partial charge on any atom is -0.346 e. The number of rotatable bonds is 3. The van der Waals surface area contributed by atoms with E-state index < -0.39 is 6.05 Å². The Balaban J connectivity index is 1.98. The lowest BCUT2D eigenvalue weighted by Gasteiger charge is -2.36. The molecule has 21 heavy (non-hydrogen) atoms. The summed E-state index contributed by atoms with van der Waals surface area (Å²) < 4.78 is 28.0. The number of aromatic amines is 1. The number of pyridine rings is 1. The van der Waals surface area contributed by atoms with Gasteiger partial charge in [-0.2, -0.15) is 8.78 Å². The van der Waals surface area contributed by atoms with E-state index in [0.717, 1.165) is 22.2 Å². The fourth-order valence-electron chi connectivity index (χ4n) is 2.94. The zero-order valence-electron chi connectivity index (χ0n) is 12.2. The van der Waals surface area contributed by atoms with Crippen molar-refractivity contribution in [1.82, 2.24) is 14.9 Å². The molecule has 0 spiro atoms. The molecule has 1 atom stereocenters. The molecule has 0 saturated carbocycles. The summed E-state index contributed by atoms with van der Waals surface area (Å²) in [6.45, 7) is 4.17. The Bertz CT molecular complexity index is 675. The lowest BCUT2D eigenvalue weighted by molar-refractivity contribution is -0.146. The molecule has 5 heteroatoms. The van der Waals surface area contributed by atoms with Gasteiger partial charge in [-0.3, -0.25) is 0 Å². The highest BCUT2D eigenvalue weighted by Gasteiger charge is 2.37. The molecule has 0 radical (unpaired) electrons. The maximum atomic E-state index is 14.0. The molecule has 3 rings (SSSR count). The third-order valence-corrected chi connectivity index (χ3v) is 4.04. The highest BCUT2D eigenvalue weighted by atomic mass is 19.3. The van der Waals surface area contributed by atoms with Crippen LogP contribution in [-0.2, 0) is 0 Å². The number of hydrogen-bond acceptors (Lipinski definition) is 2. The highest BCUT2D eigenvalue weighted by molar-refractivity contribution is 5.91. The third kappa shape index (κ3) is 2.58. The van der Waals surface area contributed by atoms with Gasteiger partial charge in [-0.1, -0.05) is 19.9 Å². The molecule has 0 fully saturated rings. The maximum Gasteiger partial charge on any atom is 0.304 e. The smallest absolute Gasteiger partial charge is 0.304 e. The van der Waals surface area contributed by atoms with Crippen LogP contribution >= 0.6 is 0 Å². The van der Waals surface area contributed by atoms with Crippen molar-refractivity contribution in [1.29, 1.82) is 0 Å². The summed E-state index contributed by atoms with van der Waals surface area (Å²) >= 11 is 0. The van der Waals surface area contributed by atoms with Gasteiger partial charge in [-0.05, 0) is 23.6 Å².